The van der Waals surface area contributed by atoms with E-state index >= 15 is 0 Å². The summed E-state index contributed by atoms with van der Waals surface area (Å²) >= 11 is 5.83. The Kier molecular flexibility index (Phi) is 4.15. The summed E-state index contributed by atoms with van der Waals surface area (Å²) in [6.45, 7) is 2.74. The SMILES string of the molecule is CC(=O)[C@H]1CN[C@@H](Cc2ccc(Cl)cc2)CO1. The van der Waals surface area contributed by atoms with E-state index < -0.39 is 0 Å². The van der Waals surface area contributed by atoms with Gasteiger partial charge in [-0.05, 0) is 31.0 Å². The van der Waals surface area contributed by atoms with Crippen LogP contribution in [0.25, 0.3) is 0 Å². The highest BCUT2D eigenvalue weighted by molar-refractivity contribution is 6.30. The Balaban J connectivity index is 1.85. The van der Waals surface area contributed by atoms with Gasteiger partial charge in [0, 0.05) is 17.6 Å². The van der Waals surface area contributed by atoms with Crippen molar-refractivity contribution in [3.8, 4) is 0 Å². The van der Waals surface area contributed by atoms with Crippen molar-refractivity contribution in [1.82, 2.24) is 5.32 Å². The zero-order chi connectivity index (χ0) is 12.3. The molecule has 0 spiro atoms. The largest absolute Gasteiger partial charge is 0.367 e. The third kappa shape index (κ3) is 3.53. The number of rotatable bonds is 3. The van der Waals surface area contributed by atoms with E-state index in [0.717, 1.165) is 11.4 Å². The standard InChI is InChI=1S/C13H16ClNO2/c1-9(16)13-7-15-12(8-17-13)6-10-2-4-11(14)5-3-10/h2-5,12-13,15H,6-8H2,1H3/t12-,13+/m0/s1. The third-order valence-electron chi connectivity index (χ3n) is 2.94. The van der Waals surface area contributed by atoms with Gasteiger partial charge in [-0.1, -0.05) is 23.7 Å². The van der Waals surface area contributed by atoms with E-state index in [1.807, 2.05) is 24.3 Å². The predicted octanol–water partition coefficient (Wildman–Crippen LogP) is 1.83. The van der Waals surface area contributed by atoms with Crippen molar-refractivity contribution < 1.29 is 9.53 Å². The van der Waals surface area contributed by atoms with Gasteiger partial charge in [-0.2, -0.15) is 0 Å². The molecule has 1 N–H and O–H groups in total. The minimum absolute atomic E-state index is 0.0856. The maximum atomic E-state index is 11.1. The van der Waals surface area contributed by atoms with Crippen LogP contribution in [0.5, 0.6) is 0 Å². The van der Waals surface area contributed by atoms with Crippen LogP contribution in [0.3, 0.4) is 0 Å². The van der Waals surface area contributed by atoms with Crippen molar-refractivity contribution >= 4 is 17.4 Å². The number of nitrogens with one attached hydrogen (secondary N) is 1. The van der Waals surface area contributed by atoms with Crippen LogP contribution in [0.4, 0.5) is 0 Å². The molecule has 0 aliphatic carbocycles. The molecule has 1 saturated heterocycles. The first-order valence-corrected chi connectivity index (χ1v) is 6.13. The Morgan fingerprint density at radius 1 is 1.47 bits per heavy atom. The molecule has 0 amide bonds. The highest BCUT2D eigenvalue weighted by Gasteiger charge is 2.23. The smallest absolute Gasteiger partial charge is 0.159 e. The number of hydrogen-bond acceptors (Lipinski definition) is 3. The molecule has 0 radical (unpaired) electrons. The van der Waals surface area contributed by atoms with Gasteiger partial charge in [-0.3, -0.25) is 4.79 Å². The lowest BCUT2D eigenvalue weighted by Gasteiger charge is -2.29. The number of ether oxygens (including phenoxy) is 1. The summed E-state index contributed by atoms with van der Waals surface area (Å²) in [5, 5.41) is 4.08. The van der Waals surface area contributed by atoms with Gasteiger partial charge in [0.1, 0.15) is 6.10 Å². The fraction of sp³-hybridized carbons (Fsp3) is 0.462. The molecule has 0 bridgehead atoms. The van der Waals surface area contributed by atoms with Crippen LogP contribution in [0.15, 0.2) is 24.3 Å². The summed E-state index contributed by atoms with van der Waals surface area (Å²) in [4.78, 5) is 11.1. The molecular formula is C13H16ClNO2. The second kappa shape index (κ2) is 5.63. The number of Topliss-reactive ketones (excluding diaryl/α,β-unsaturated/α-hetero) is 1. The summed E-state index contributed by atoms with van der Waals surface area (Å²) in [5.74, 6) is 0.0856. The summed E-state index contributed by atoms with van der Waals surface area (Å²) in [6, 6.07) is 8.08. The summed E-state index contributed by atoms with van der Waals surface area (Å²) < 4.78 is 5.51. The topological polar surface area (TPSA) is 38.3 Å². The van der Waals surface area contributed by atoms with Crippen LogP contribution in [0.2, 0.25) is 5.02 Å². The zero-order valence-electron chi connectivity index (χ0n) is 9.78. The van der Waals surface area contributed by atoms with Gasteiger partial charge in [-0.25, -0.2) is 0 Å². The van der Waals surface area contributed by atoms with Gasteiger partial charge in [-0.15, -0.1) is 0 Å². The Hall–Kier alpha value is -0.900. The Morgan fingerprint density at radius 2 is 2.18 bits per heavy atom. The van der Waals surface area contributed by atoms with Crippen molar-refractivity contribution in [2.24, 2.45) is 0 Å². The van der Waals surface area contributed by atoms with Crippen LogP contribution < -0.4 is 5.32 Å². The third-order valence-corrected chi connectivity index (χ3v) is 3.19. The molecule has 1 aromatic carbocycles. The fourth-order valence-electron chi connectivity index (χ4n) is 1.92. The number of carbonyl (C=O) groups is 1. The van der Waals surface area contributed by atoms with E-state index in [4.69, 9.17) is 16.3 Å². The molecule has 0 unspecified atom stereocenters. The predicted molar refractivity (Wildman–Crippen MR) is 67.4 cm³/mol. The van der Waals surface area contributed by atoms with Crippen molar-refractivity contribution in [3.05, 3.63) is 34.9 Å². The molecule has 4 heteroatoms. The first-order valence-electron chi connectivity index (χ1n) is 5.75. The summed E-state index contributed by atoms with van der Waals surface area (Å²) in [6.07, 6.45) is 0.610. The van der Waals surface area contributed by atoms with Gasteiger partial charge >= 0.3 is 0 Å². The van der Waals surface area contributed by atoms with Gasteiger partial charge < -0.3 is 10.1 Å². The number of carbonyl (C=O) groups excluding carboxylic acids is 1. The average molecular weight is 254 g/mol. The number of ketones is 1. The van der Waals surface area contributed by atoms with Crippen molar-refractivity contribution in [1.29, 1.82) is 0 Å². The molecule has 0 aromatic heterocycles. The van der Waals surface area contributed by atoms with Gasteiger partial charge in [0.25, 0.3) is 0 Å². The normalized spacial score (nSPS) is 24.6. The Bertz CT molecular complexity index is 383. The van der Waals surface area contributed by atoms with Crippen LogP contribution >= 0.6 is 11.6 Å². The molecule has 1 aromatic rings. The monoisotopic (exact) mass is 253 g/mol. The molecule has 92 valence electrons. The molecule has 2 rings (SSSR count). The molecule has 0 saturated carbocycles. The molecule has 1 aliphatic rings. The van der Waals surface area contributed by atoms with E-state index in [0.29, 0.717) is 13.2 Å². The lowest BCUT2D eigenvalue weighted by molar-refractivity contribution is -0.131. The van der Waals surface area contributed by atoms with Gasteiger partial charge in [0.05, 0.1) is 6.61 Å². The molecule has 1 aliphatic heterocycles. The van der Waals surface area contributed by atoms with Crippen LogP contribution in [0, 0.1) is 0 Å². The zero-order valence-corrected chi connectivity index (χ0v) is 10.5. The molecule has 1 heterocycles. The second-order valence-corrected chi connectivity index (χ2v) is 4.80. The molecule has 1 fully saturated rings. The van der Waals surface area contributed by atoms with E-state index in [2.05, 4.69) is 5.32 Å². The molecule has 3 nitrogen and oxygen atoms in total. The lowest BCUT2D eigenvalue weighted by atomic mass is 10.0. The van der Waals surface area contributed by atoms with E-state index in [1.165, 1.54) is 5.56 Å². The van der Waals surface area contributed by atoms with E-state index in [-0.39, 0.29) is 17.9 Å². The minimum Gasteiger partial charge on any atom is -0.367 e. The number of morpholine rings is 1. The Morgan fingerprint density at radius 3 is 2.71 bits per heavy atom. The maximum Gasteiger partial charge on any atom is 0.159 e. The van der Waals surface area contributed by atoms with E-state index in [1.54, 1.807) is 6.92 Å². The van der Waals surface area contributed by atoms with Crippen molar-refractivity contribution in [2.75, 3.05) is 13.2 Å². The van der Waals surface area contributed by atoms with Crippen LogP contribution in [0.1, 0.15) is 12.5 Å². The summed E-state index contributed by atoms with van der Waals surface area (Å²) in [7, 11) is 0. The number of halogens is 1. The highest BCUT2D eigenvalue weighted by Crippen LogP contribution is 2.13. The van der Waals surface area contributed by atoms with Gasteiger partial charge in [0.2, 0.25) is 0 Å². The lowest BCUT2D eigenvalue weighted by Crippen LogP contribution is -2.49. The molecule has 17 heavy (non-hydrogen) atoms. The van der Waals surface area contributed by atoms with Crippen LogP contribution in [-0.4, -0.2) is 31.1 Å². The number of benzene rings is 1. The fourth-order valence-corrected chi connectivity index (χ4v) is 2.05. The quantitative estimate of drug-likeness (QED) is 0.893. The van der Waals surface area contributed by atoms with Crippen molar-refractivity contribution in [3.63, 3.8) is 0 Å². The number of hydrogen-bond donors (Lipinski definition) is 1. The van der Waals surface area contributed by atoms with Gasteiger partial charge in [0.15, 0.2) is 5.78 Å². The summed E-state index contributed by atoms with van der Waals surface area (Å²) in [5.41, 5.74) is 1.22. The van der Waals surface area contributed by atoms with Crippen LogP contribution in [-0.2, 0) is 16.0 Å². The average Bonchev–Trinajstić information content (AvgIpc) is 2.33. The Labute approximate surface area is 106 Å². The highest BCUT2D eigenvalue weighted by atomic mass is 35.5. The molecule has 2 atom stereocenters. The molecular weight excluding hydrogens is 238 g/mol. The second-order valence-electron chi connectivity index (χ2n) is 4.37. The first-order chi connectivity index (χ1) is 8.15. The van der Waals surface area contributed by atoms with Crippen molar-refractivity contribution in [2.45, 2.75) is 25.5 Å². The minimum atomic E-state index is -0.281. The first kappa shape index (κ1) is 12.6. The van der Waals surface area contributed by atoms with E-state index in [9.17, 15) is 4.79 Å². The maximum absolute atomic E-state index is 11.1.